The summed E-state index contributed by atoms with van der Waals surface area (Å²) in [5.74, 6) is 0. The zero-order valence-corrected chi connectivity index (χ0v) is 7.18. The summed E-state index contributed by atoms with van der Waals surface area (Å²) in [4.78, 5) is 0. The maximum absolute atomic E-state index is 7.74. The lowest BCUT2D eigenvalue weighted by atomic mass is 10.1. The van der Waals surface area contributed by atoms with E-state index in [2.05, 4.69) is 15.2 Å². The van der Waals surface area contributed by atoms with Gasteiger partial charge in [-0.25, -0.2) is 0 Å². The molecule has 76 valence electrons. The van der Waals surface area contributed by atoms with Gasteiger partial charge < -0.3 is 35.3 Å². The van der Waals surface area contributed by atoms with Crippen molar-refractivity contribution < 1.29 is 24.7 Å². The van der Waals surface area contributed by atoms with Crippen LogP contribution in [0.25, 0.3) is 0 Å². The molecule has 0 unspecified atom stereocenters. The van der Waals surface area contributed by atoms with Gasteiger partial charge in [0.15, 0.2) is 0 Å². The zero-order valence-electron chi connectivity index (χ0n) is 7.18. The Bertz CT molecular complexity index is 95.2. The maximum atomic E-state index is 7.74. The Labute approximate surface area is 77.1 Å². The van der Waals surface area contributed by atoms with Crippen molar-refractivity contribution in [3.63, 3.8) is 0 Å². The van der Waals surface area contributed by atoms with Crippen LogP contribution >= 0.6 is 0 Å². The molecule has 0 aromatic heterocycles. The van der Waals surface area contributed by atoms with E-state index in [1.54, 1.807) is 0 Å². The minimum atomic E-state index is -2.13. The average Bonchev–Trinajstić information content (AvgIpc) is 2.06. The Balaban J connectivity index is 0.000000223. The van der Waals surface area contributed by atoms with Crippen molar-refractivity contribution in [1.29, 1.82) is 0 Å². The Morgan fingerprint density at radius 3 is 1.15 bits per heavy atom. The molecular formula is C4H14B2N2O5. The molecule has 0 bridgehead atoms. The molecule has 1 heterocycles. The predicted octanol–water partition coefficient (Wildman–Crippen LogP) is -3.88. The first-order valence-corrected chi connectivity index (χ1v) is 3.92. The van der Waals surface area contributed by atoms with E-state index in [0.29, 0.717) is 0 Å². The van der Waals surface area contributed by atoms with Crippen LogP contribution in [-0.4, -0.2) is 60.9 Å². The Kier molecular flexibility index (Phi) is 8.35. The highest BCUT2D eigenvalue weighted by molar-refractivity contribution is 6.48. The van der Waals surface area contributed by atoms with Crippen LogP contribution in [0.2, 0.25) is 0 Å². The monoisotopic (exact) mass is 192 g/mol. The minimum Gasteiger partial charge on any atom is -0.402 e. The fourth-order valence-electron chi connectivity index (χ4n) is 0.712. The highest BCUT2D eigenvalue weighted by atomic mass is 16.7. The third-order valence-electron chi connectivity index (χ3n) is 1.20. The lowest BCUT2D eigenvalue weighted by molar-refractivity contribution is 0.213. The van der Waals surface area contributed by atoms with Gasteiger partial charge in [-0.15, -0.1) is 0 Å². The fraction of sp³-hybridized carbons (Fsp3) is 1.00. The summed E-state index contributed by atoms with van der Waals surface area (Å²) in [5, 5.41) is 37.4. The van der Waals surface area contributed by atoms with Crippen LogP contribution in [0, 0.1) is 0 Å². The predicted molar refractivity (Wildman–Crippen MR) is 47.2 cm³/mol. The van der Waals surface area contributed by atoms with Crippen molar-refractivity contribution >= 4 is 14.6 Å². The second kappa shape index (κ2) is 8.45. The molecule has 0 aliphatic carbocycles. The highest BCUT2D eigenvalue weighted by Crippen LogP contribution is 1.73. The van der Waals surface area contributed by atoms with Crippen LogP contribution < -0.4 is 10.6 Å². The molecule has 13 heavy (non-hydrogen) atoms. The summed E-state index contributed by atoms with van der Waals surface area (Å²) >= 11 is 0. The van der Waals surface area contributed by atoms with Crippen molar-refractivity contribution in [1.82, 2.24) is 10.6 Å². The molecule has 7 nitrogen and oxygen atoms in total. The van der Waals surface area contributed by atoms with Gasteiger partial charge in [-0.1, -0.05) is 0 Å². The van der Waals surface area contributed by atoms with Gasteiger partial charge in [-0.2, -0.15) is 0 Å². The molecule has 0 spiro atoms. The summed E-state index contributed by atoms with van der Waals surface area (Å²) in [7, 11) is -4.25. The number of piperazine rings is 1. The molecule has 0 atom stereocenters. The lowest BCUT2D eigenvalue weighted by Gasteiger charge is -2.11. The minimum absolute atomic E-state index is 1.14. The average molecular weight is 192 g/mol. The smallest absolute Gasteiger partial charge is 0.402 e. The van der Waals surface area contributed by atoms with Crippen LogP contribution in [0.5, 0.6) is 0 Å². The molecule has 1 fully saturated rings. The SMILES string of the molecule is C1CNCCN1.OB(O)OB(O)O. The van der Waals surface area contributed by atoms with E-state index in [-0.39, 0.29) is 0 Å². The van der Waals surface area contributed by atoms with Gasteiger partial charge in [0.05, 0.1) is 0 Å². The number of rotatable bonds is 2. The Morgan fingerprint density at radius 1 is 0.769 bits per heavy atom. The summed E-state index contributed by atoms with van der Waals surface area (Å²) in [6.07, 6.45) is 0. The third-order valence-corrected chi connectivity index (χ3v) is 1.20. The Hall–Kier alpha value is -0.150. The van der Waals surface area contributed by atoms with Gasteiger partial charge in [-0.3, -0.25) is 0 Å². The van der Waals surface area contributed by atoms with E-state index in [1.165, 1.54) is 0 Å². The summed E-state index contributed by atoms with van der Waals surface area (Å²) in [5.41, 5.74) is 0. The van der Waals surface area contributed by atoms with Gasteiger partial charge in [0, 0.05) is 26.2 Å². The summed E-state index contributed by atoms with van der Waals surface area (Å²) < 4.78 is 3.47. The van der Waals surface area contributed by atoms with Gasteiger partial charge in [-0.05, 0) is 0 Å². The normalized spacial score (nSPS) is 15.7. The molecule has 0 saturated carbocycles. The largest absolute Gasteiger partial charge is 0.621 e. The van der Waals surface area contributed by atoms with Gasteiger partial charge in [0.1, 0.15) is 0 Å². The van der Waals surface area contributed by atoms with E-state index in [0.717, 1.165) is 26.2 Å². The van der Waals surface area contributed by atoms with E-state index < -0.39 is 14.6 Å². The van der Waals surface area contributed by atoms with Crippen LogP contribution in [0.15, 0.2) is 0 Å². The van der Waals surface area contributed by atoms with Crippen LogP contribution in [-0.2, 0) is 4.57 Å². The summed E-state index contributed by atoms with van der Waals surface area (Å²) in [6.45, 7) is 4.56. The highest BCUT2D eigenvalue weighted by Gasteiger charge is 2.18. The van der Waals surface area contributed by atoms with Crippen molar-refractivity contribution in [3.8, 4) is 0 Å². The molecule has 1 saturated heterocycles. The molecule has 1 rings (SSSR count). The van der Waals surface area contributed by atoms with Crippen LogP contribution in [0.4, 0.5) is 0 Å². The van der Waals surface area contributed by atoms with E-state index in [1.807, 2.05) is 0 Å². The molecular weight excluding hydrogens is 178 g/mol. The van der Waals surface area contributed by atoms with E-state index >= 15 is 0 Å². The number of hydrogen-bond donors (Lipinski definition) is 6. The topological polar surface area (TPSA) is 114 Å². The quantitative estimate of drug-likeness (QED) is 0.248. The second-order valence-corrected chi connectivity index (χ2v) is 2.29. The molecule has 1 aliphatic heterocycles. The van der Waals surface area contributed by atoms with Crippen molar-refractivity contribution in [3.05, 3.63) is 0 Å². The van der Waals surface area contributed by atoms with Crippen molar-refractivity contribution in [2.45, 2.75) is 0 Å². The molecule has 0 amide bonds. The van der Waals surface area contributed by atoms with Crippen LogP contribution in [0.3, 0.4) is 0 Å². The first-order valence-electron chi connectivity index (χ1n) is 3.92. The zero-order chi connectivity index (χ0) is 10.1. The van der Waals surface area contributed by atoms with Gasteiger partial charge >= 0.3 is 14.6 Å². The van der Waals surface area contributed by atoms with E-state index in [9.17, 15) is 0 Å². The molecule has 0 aromatic carbocycles. The molecule has 1 aliphatic rings. The first kappa shape index (κ1) is 12.8. The fourth-order valence-corrected chi connectivity index (χ4v) is 0.712. The van der Waals surface area contributed by atoms with Gasteiger partial charge in [0.25, 0.3) is 0 Å². The number of nitrogens with one attached hydrogen (secondary N) is 2. The van der Waals surface area contributed by atoms with Crippen molar-refractivity contribution in [2.75, 3.05) is 26.2 Å². The Morgan fingerprint density at radius 2 is 1.08 bits per heavy atom. The molecule has 0 radical (unpaired) electrons. The van der Waals surface area contributed by atoms with Crippen LogP contribution in [0.1, 0.15) is 0 Å². The lowest BCUT2D eigenvalue weighted by Crippen LogP contribution is -2.39. The maximum Gasteiger partial charge on any atom is 0.621 e. The van der Waals surface area contributed by atoms with Crippen molar-refractivity contribution in [2.24, 2.45) is 0 Å². The standard InChI is InChI=1S/C4H10N2.B2H4O5/c1-2-6-4-3-5-1;3-1(4)7-2(5)6/h5-6H,1-4H2;3-6H. The number of hydrogen-bond acceptors (Lipinski definition) is 7. The third kappa shape index (κ3) is 11.8. The van der Waals surface area contributed by atoms with E-state index in [4.69, 9.17) is 20.1 Å². The molecule has 0 aromatic rings. The molecule has 6 N–H and O–H groups in total. The van der Waals surface area contributed by atoms with Gasteiger partial charge in [0.2, 0.25) is 0 Å². The molecule has 9 heteroatoms. The first-order chi connectivity index (χ1) is 6.13. The second-order valence-electron chi connectivity index (χ2n) is 2.29. The summed E-state index contributed by atoms with van der Waals surface area (Å²) in [6, 6.07) is 0.